The Bertz CT molecular complexity index is 287. The predicted molar refractivity (Wildman–Crippen MR) is 53.4 cm³/mol. The summed E-state index contributed by atoms with van der Waals surface area (Å²) < 4.78 is 23.4. The fourth-order valence-electron chi connectivity index (χ4n) is 1.05. The normalized spacial score (nSPS) is 9.93. The fraction of sp³-hybridized carbons (Fsp3) is 0.455. The SMILES string of the molecule is CCCCOc1ccc(OC)cc1F. The minimum Gasteiger partial charge on any atom is -0.497 e. The molecule has 0 aliphatic rings. The molecule has 14 heavy (non-hydrogen) atoms. The monoisotopic (exact) mass is 198 g/mol. The van der Waals surface area contributed by atoms with Gasteiger partial charge in [0.05, 0.1) is 13.7 Å². The molecule has 1 aromatic rings. The summed E-state index contributed by atoms with van der Waals surface area (Å²) >= 11 is 0. The number of unbranched alkanes of at least 4 members (excludes halogenated alkanes) is 1. The predicted octanol–water partition coefficient (Wildman–Crippen LogP) is 3.01. The van der Waals surface area contributed by atoms with Crippen LogP contribution in [0.15, 0.2) is 18.2 Å². The second-order valence-electron chi connectivity index (χ2n) is 3.00. The van der Waals surface area contributed by atoms with Crippen molar-refractivity contribution in [3.8, 4) is 11.5 Å². The van der Waals surface area contributed by atoms with E-state index in [4.69, 9.17) is 9.47 Å². The Kier molecular flexibility index (Phi) is 4.23. The molecule has 0 radical (unpaired) electrons. The van der Waals surface area contributed by atoms with Crippen LogP contribution in [-0.2, 0) is 0 Å². The minimum atomic E-state index is -0.375. The van der Waals surface area contributed by atoms with E-state index in [1.807, 2.05) is 0 Å². The molecule has 0 aromatic heterocycles. The van der Waals surface area contributed by atoms with Gasteiger partial charge in [-0.1, -0.05) is 13.3 Å². The minimum absolute atomic E-state index is 0.291. The average molecular weight is 198 g/mol. The first-order valence-corrected chi connectivity index (χ1v) is 4.74. The van der Waals surface area contributed by atoms with Gasteiger partial charge in [0.15, 0.2) is 11.6 Å². The highest BCUT2D eigenvalue weighted by atomic mass is 19.1. The molecule has 0 spiro atoms. The number of benzene rings is 1. The van der Waals surface area contributed by atoms with E-state index in [9.17, 15) is 4.39 Å². The molecule has 78 valence electrons. The Morgan fingerprint density at radius 2 is 2.14 bits per heavy atom. The van der Waals surface area contributed by atoms with Gasteiger partial charge < -0.3 is 9.47 Å². The van der Waals surface area contributed by atoms with Crippen LogP contribution in [0.2, 0.25) is 0 Å². The summed E-state index contributed by atoms with van der Waals surface area (Å²) in [4.78, 5) is 0. The molecule has 1 aromatic carbocycles. The van der Waals surface area contributed by atoms with E-state index in [1.165, 1.54) is 13.2 Å². The van der Waals surface area contributed by atoms with Gasteiger partial charge in [-0.15, -0.1) is 0 Å². The van der Waals surface area contributed by atoms with Crippen molar-refractivity contribution in [1.29, 1.82) is 0 Å². The van der Waals surface area contributed by atoms with Crippen molar-refractivity contribution in [2.24, 2.45) is 0 Å². The summed E-state index contributed by atoms with van der Waals surface area (Å²) in [5.74, 6) is 0.421. The van der Waals surface area contributed by atoms with E-state index in [1.54, 1.807) is 12.1 Å². The lowest BCUT2D eigenvalue weighted by Crippen LogP contribution is -1.98. The molecule has 0 fully saturated rings. The van der Waals surface area contributed by atoms with Gasteiger partial charge in [0.2, 0.25) is 0 Å². The van der Waals surface area contributed by atoms with Gasteiger partial charge in [-0.05, 0) is 18.6 Å². The van der Waals surface area contributed by atoms with Gasteiger partial charge in [0.25, 0.3) is 0 Å². The molecule has 3 heteroatoms. The molecule has 0 unspecified atom stereocenters. The highest BCUT2D eigenvalue weighted by molar-refractivity contribution is 5.32. The van der Waals surface area contributed by atoms with E-state index in [0.29, 0.717) is 18.1 Å². The Morgan fingerprint density at radius 3 is 2.71 bits per heavy atom. The number of methoxy groups -OCH3 is 1. The van der Waals surface area contributed by atoms with E-state index < -0.39 is 0 Å². The summed E-state index contributed by atoms with van der Waals surface area (Å²) in [5, 5.41) is 0. The van der Waals surface area contributed by atoms with Crippen LogP contribution in [0.5, 0.6) is 11.5 Å². The third kappa shape index (κ3) is 2.91. The third-order valence-corrected chi connectivity index (χ3v) is 1.89. The van der Waals surface area contributed by atoms with E-state index >= 15 is 0 Å². The molecule has 0 amide bonds. The topological polar surface area (TPSA) is 18.5 Å². The van der Waals surface area contributed by atoms with Gasteiger partial charge in [-0.2, -0.15) is 0 Å². The van der Waals surface area contributed by atoms with Gasteiger partial charge in [-0.25, -0.2) is 4.39 Å². The van der Waals surface area contributed by atoms with Crippen molar-refractivity contribution in [3.05, 3.63) is 24.0 Å². The van der Waals surface area contributed by atoms with E-state index in [0.717, 1.165) is 12.8 Å². The zero-order chi connectivity index (χ0) is 10.4. The highest BCUT2D eigenvalue weighted by Crippen LogP contribution is 2.22. The number of hydrogen-bond donors (Lipinski definition) is 0. The van der Waals surface area contributed by atoms with Crippen molar-refractivity contribution in [1.82, 2.24) is 0 Å². The van der Waals surface area contributed by atoms with Crippen molar-refractivity contribution in [2.45, 2.75) is 19.8 Å². The Morgan fingerprint density at radius 1 is 1.36 bits per heavy atom. The van der Waals surface area contributed by atoms with Crippen LogP contribution >= 0.6 is 0 Å². The average Bonchev–Trinajstić information content (AvgIpc) is 2.20. The van der Waals surface area contributed by atoms with Crippen LogP contribution < -0.4 is 9.47 Å². The summed E-state index contributed by atoms with van der Waals surface area (Å²) in [6, 6.07) is 4.59. The second-order valence-corrected chi connectivity index (χ2v) is 3.00. The maximum atomic E-state index is 13.3. The van der Waals surface area contributed by atoms with Crippen molar-refractivity contribution >= 4 is 0 Å². The smallest absolute Gasteiger partial charge is 0.168 e. The first kappa shape index (κ1) is 10.8. The molecular formula is C11H15FO2. The van der Waals surface area contributed by atoms with Crippen molar-refractivity contribution < 1.29 is 13.9 Å². The highest BCUT2D eigenvalue weighted by Gasteiger charge is 2.04. The maximum Gasteiger partial charge on any atom is 0.168 e. The maximum absolute atomic E-state index is 13.3. The first-order valence-electron chi connectivity index (χ1n) is 4.74. The Hall–Kier alpha value is -1.25. The standard InChI is InChI=1S/C11H15FO2/c1-3-4-7-14-11-6-5-9(13-2)8-10(11)12/h5-6,8H,3-4,7H2,1-2H3. The second kappa shape index (κ2) is 5.47. The number of ether oxygens (including phenoxy) is 2. The third-order valence-electron chi connectivity index (χ3n) is 1.89. The fourth-order valence-corrected chi connectivity index (χ4v) is 1.05. The summed E-state index contributed by atoms with van der Waals surface area (Å²) in [5.41, 5.74) is 0. The van der Waals surface area contributed by atoms with Crippen molar-refractivity contribution in [3.63, 3.8) is 0 Å². The quantitative estimate of drug-likeness (QED) is 0.677. The van der Waals surface area contributed by atoms with Crippen LogP contribution in [0.1, 0.15) is 19.8 Å². The zero-order valence-corrected chi connectivity index (χ0v) is 8.55. The lowest BCUT2D eigenvalue weighted by atomic mass is 10.3. The molecule has 0 aliphatic carbocycles. The lowest BCUT2D eigenvalue weighted by molar-refractivity contribution is 0.293. The van der Waals surface area contributed by atoms with Gasteiger partial charge in [0.1, 0.15) is 5.75 Å². The van der Waals surface area contributed by atoms with E-state index in [2.05, 4.69) is 6.92 Å². The molecule has 0 bridgehead atoms. The molecular weight excluding hydrogens is 183 g/mol. The van der Waals surface area contributed by atoms with Gasteiger partial charge in [0, 0.05) is 6.07 Å². The molecule has 0 saturated carbocycles. The zero-order valence-electron chi connectivity index (χ0n) is 8.55. The molecule has 2 nitrogen and oxygen atoms in total. The molecule has 0 saturated heterocycles. The van der Waals surface area contributed by atoms with Gasteiger partial charge in [-0.3, -0.25) is 0 Å². The van der Waals surface area contributed by atoms with Gasteiger partial charge >= 0.3 is 0 Å². The molecule has 0 atom stereocenters. The van der Waals surface area contributed by atoms with Crippen LogP contribution in [0, 0.1) is 5.82 Å². The lowest BCUT2D eigenvalue weighted by Gasteiger charge is -2.07. The Balaban J connectivity index is 2.59. The largest absolute Gasteiger partial charge is 0.497 e. The van der Waals surface area contributed by atoms with Crippen LogP contribution in [0.25, 0.3) is 0 Å². The van der Waals surface area contributed by atoms with Crippen LogP contribution in [0.3, 0.4) is 0 Å². The Labute approximate surface area is 83.6 Å². The summed E-state index contributed by atoms with van der Waals surface area (Å²) in [7, 11) is 1.51. The molecule has 1 rings (SSSR count). The number of hydrogen-bond acceptors (Lipinski definition) is 2. The van der Waals surface area contributed by atoms with Crippen LogP contribution in [-0.4, -0.2) is 13.7 Å². The summed E-state index contributed by atoms with van der Waals surface area (Å²) in [6.07, 6.45) is 1.98. The first-order chi connectivity index (χ1) is 6.77. The molecule has 0 N–H and O–H groups in total. The van der Waals surface area contributed by atoms with Crippen molar-refractivity contribution in [2.75, 3.05) is 13.7 Å². The van der Waals surface area contributed by atoms with E-state index in [-0.39, 0.29) is 5.82 Å². The molecule has 0 aliphatic heterocycles. The number of rotatable bonds is 5. The molecule has 0 heterocycles. The van der Waals surface area contributed by atoms with Crippen LogP contribution in [0.4, 0.5) is 4.39 Å². The summed E-state index contributed by atoms with van der Waals surface area (Å²) in [6.45, 7) is 2.62. The number of halogens is 1.